The highest BCUT2D eigenvalue weighted by Crippen LogP contribution is 2.29. The van der Waals surface area contributed by atoms with Crippen LogP contribution in [0.3, 0.4) is 0 Å². The molecule has 2 rings (SSSR count). The van der Waals surface area contributed by atoms with E-state index in [1.165, 1.54) is 18.2 Å². The Morgan fingerprint density at radius 2 is 1.85 bits per heavy atom. The molecule has 1 saturated carbocycles. The van der Waals surface area contributed by atoms with Crippen LogP contribution >= 0.6 is 11.8 Å². The fourth-order valence-electron chi connectivity index (χ4n) is 3.03. The zero-order valence-corrected chi connectivity index (χ0v) is 16.6. The molecule has 0 aromatic carbocycles. The topological polar surface area (TPSA) is 94.9 Å². The number of amides is 3. The van der Waals surface area contributed by atoms with Gasteiger partial charge in [0.15, 0.2) is 0 Å². The molecule has 1 aliphatic rings. The van der Waals surface area contributed by atoms with Gasteiger partial charge in [-0.15, -0.1) is 0 Å². The number of aryl methyl sites for hydroxylation is 1. The summed E-state index contributed by atoms with van der Waals surface area (Å²) in [5.74, 6) is -0.384. The Kier molecular flexibility index (Phi) is 7.04. The molecule has 1 aromatic rings. The number of carbonyl (C=O) groups excluding carboxylic acids is 2. The van der Waals surface area contributed by atoms with Gasteiger partial charge in [0, 0.05) is 11.7 Å². The standard InChI is InChI=1S/C19H26N4O2S/c1-11-12(2)16(10-20)18(21-13(11)3)26-14(4)17(24)23-19(25)22-15-8-6-5-7-9-15/h14-15H,5-9H2,1-4H3,(H2,22,23,24,25)/t14-/m1/s1. The minimum Gasteiger partial charge on any atom is -0.335 e. The van der Waals surface area contributed by atoms with Crippen molar-refractivity contribution in [1.82, 2.24) is 15.6 Å². The largest absolute Gasteiger partial charge is 0.335 e. The number of hydrogen-bond acceptors (Lipinski definition) is 5. The number of nitrogens with one attached hydrogen (secondary N) is 2. The number of nitrogens with zero attached hydrogens (tertiary/aromatic N) is 2. The SMILES string of the molecule is Cc1nc(S[C@H](C)C(=O)NC(=O)NC2CCCCC2)c(C#N)c(C)c1C. The number of imide groups is 1. The summed E-state index contributed by atoms with van der Waals surface area (Å²) in [6, 6.07) is 1.88. The van der Waals surface area contributed by atoms with E-state index in [4.69, 9.17) is 0 Å². The lowest BCUT2D eigenvalue weighted by Crippen LogP contribution is -2.47. The molecule has 0 spiro atoms. The van der Waals surface area contributed by atoms with Gasteiger partial charge in [-0.05, 0) is 51.7 Å². The summed E-state index contributed by atoms with van der Waals surface area (Å²) in [4.78, 5) is 28.8. The lowest BCUT2D eigenvalue weighted by atomic mass is 9.96. The van der Waals surface area contributed by atoms with E-state index >= 15 is 0 Å². The van der Waals surface area contributed by atoms with E-state index in [2.05, 4.69) is 21.7 Å². The first kappa shape index (κ1) is 20.2. The third-order valence-corrected chi connectivity index (χ3v) is 6.00. The minimum absolute atomic E-state index is 0.147. The van der Waals surface area contributed by atoms with Crippen LogP contribution in [0.4, 0.5) is 4.79 Å². The molecule has 1 heterocycles. The van der Waals surface area contributed by atoms with E-state index in [1.54, 1.807) is 6.92 Å². The predicted octanol–water partition coefficient (Wildman–Crippen LogP) is 3.52. The first-order valence-corrected chi connectivity index (χ1v) is 9.87. The lowest BCUT2D eigenvalue weighted by molar-refractivity contribution is -0.119. The number of rotatable bonds is 4. The summed E-state index contributed by atoms with van der Waals surface area (Å²) in [6.45, 7) is 7.41. The molecule has 0 aliphatic heterocycles. The molecular formula is C19H26N4O2S. The van der Waals surface area contributed by atoms with Gasteiger partial charge in [-0.2, -0.15) is 5.26 Å². The van der Waals surface area contributed by atoms with Crippen LogP contribution in [0.25, 0.3) is 0 Å². The molecule has 0 saturated heterocycles. The second kappa shape index (κ2) is 9.04. The molecule has 140 valence electrons. The quantitative estimate of drug-likeness (QED) is 0.786. The molecule has 1 atom stereocenters. The summed E-state index contributed by atoms with van der Waals surface area (Å²) in [6.07, 6.45) is 5.35. The van der Waals surface area contributed by atoms with E-state index in [9.17, 15) is 14.9 Å². The number of carbonyl (C=O) groups is 2. The summed E-state index contributed by atoms with van der Waals surface area (Å²) in [5.41, 5.74) is 3.19. The Bertz CT molecular complexity index is 736. The number of urea groups is 1. The predicted molar refractivity (Wildman–Crippen MR) is 102 cm³/mol. The fraction of sp³-hybridized carbons (Fsp3) is 0.579. The molecule has 0 bridgehead atoms. The van der Waals surface area contributed by atoms with Gasteiger partial charge in [-0.1, -0.05) is 31.0 Å². The Labute approximate surface area is 159 Å². The molecule has 3 amide bonds. The molecule has 0 radical (unpaired) electrons. The van der Waals surface area contributed by atoms with Gasteiger partial charge in [0.05, 0.1) is 10.8 Å². The van der Waals surface area contributed by atoms with Crippen molar-refractivity contribution < 1.29 is 9.59 Å². The van der Waals surface area contributed by atoms with E-state index in [-0.39, 0.29) is 11.9 Å². The van der Waals surface area contributed by atoms with Crippen molar-refractivity contribution in [3.8, 4) is 6.07 Å². The normalized spacial score (nSPS) is 15.8. The van der Waals surface area contributed by atoms with Crippen molar-refractivity contribution in [2.45, 2.75) is 76.1 Å². The zero-order valence-electron chi connectivity index (χ0n) is 15.8. The summed E-state index contributed by atoms with van der Waals surface area (Å²) in [5, 5.41) is 14.7. The summed E-state index contributed by atoms with van der Waals surface area (Å²) >= 11 is 1.20. The third-order valence-electron chi connectivity index (χ3n) is 4.91. The second-order valence-corrected chi connectivity index (χ2v) is 8.13. The first-order valence-electron chi connectivity index (χ1n) is 8.99. The van der Waals surface area contributed by atoms with Crippen LogP contribution in [0.2, 0.25) is 0 Å². The average molecular weight is 375 g/mol. The van der Waals surface area contributed by atoms with Crippen molar-refractivity contribution in [3.63, 3.8) is 0 Å². The molecular weight excluding hydrogens is 348 g/mol. The van der Waals surface area contributed by atoms with Gasteiger partial charge < -0.3 is 5.32 Å². The van der Waals surface area contributed by atoms with Gasteiger partial charge in [0.2, 0.25) is 5.91 Å². The van der Waals surface area contributed by atoms with Gasteiger partial charge in [-0.25, -0.2) is 9.78 Å². The number of hydrogen-bond donors (Lipinski definition) is 2. The molecule has 1 aliphatic carbocycles. The molecule has 1 aromatic heterocycles. The van der Waals surface area contributed by atoms with Gasteiger partial charge in [0.25, 0.3) is 0 Å². The summed E-state index contributed by atoms with van der Waals surface area (Å²) in [7, 11) is 0. The van der Waals surface area contributed by atoms with Crippen molar-refractivity contribution >= 4 is 23.7 Å². The Morgan fingerprint density at radius 3 is 2.46 bits per heavy atom. The lowest BCUT2D eigenvalue weighted by Gasteiger charge is -2.23. The zero-order chi connectivity index (χ0) is 19.3. The van der Waals surface area contributed by atoms with Gasteiger partial charge >= 0.3 is 6.03 Å². The molecule has 0 unspecified atom stereocenters. The highest BCUT2D eigenvalue weighted by molar-refractivity contribution is 8.00. The first-order chi connectivity index (χ1) is 12.3. The Morgan fingerprint density at radius 1 is 1.19 bits per heavy atom. The molecule has 6 nitrogen and oxygen atoms in total. The van der Waals surface area contributed by atoms with Crippen molar-refractivity contribution in [2.75, 3.05) is 0 Å². The molecule has 7 heteroatoms. The van der Waals surface area contributed by atoms with Crippen LogP contribution in [0.15, 0.2) is 5.03 Å². The van der Waals surface area contributed by atoms with E-state index in [1.807, 2.05) is 20.8 Å². The maximum atomic E-state index is 12.3. The Balaban J connectivity index is 1.99. The van der Waals surface area contributed by atoms with Crippen LogP contribution in [0.5, 0.6) is 0 Å². The average Bonchev–Trinajstić information content (AvgIpc) is 2.60. The maximum absolute atomic E-state index is 12.3. The molecule has 1 fully saturated rings. The Hall–Kier alpha value is -2.07. The van der Waals surface area contributed by atoms with Crippen LogP contribution in [-0.2, 0) is 4.79 Å². The summed E-state index contributed by atoms with van der Waals surface area (Å²) < 4.78 is 0. The van der Waals surface area contributed by atoms with Crippen molar-refractivity contribution in [2.24, 2.45) is 0 Å². The highest BCUT2D eigenvalue weighted by Gasteiger charge is 2.23. The van der Waals surface area contributed by atoms with Crippen LogP contribution in [0.1, 0.15) is 61.4 Å². The van der Waals surface area contributed by atoms with Gasteiger partial charge in [0.1, 0.15) is 11.1 Å². The van der Waals surface area contributed by atoms with Crippen LogP contribution in [0, 0.1) is 32.1 Å². The van der Waals surface area contributed by atoms with E-state index in [0.29, 0.717) is 10.6 Å². The number of thioether (sulfide) groups is 1. The smallest absolute Gasteiger partial charge is 0.321 e. The van der Waals surface area contributed by atoms with E-state index < -0.39 is 11.3 Å². The van der Waals surface area contributed by atoms with Gasteiger partial charge in [-0.3, -0.25) is 10.1 Å². The van der Waals surface area contributed by atoms with Crippen molar-refractivity contribution in [1.29, 1.82) is 5.26 Å². The third kappa shape index (κ3) is 4.98. The van der Waals surface area contributed by atoms with Crippen molar-refractivity contribution in [3.05, 3.63) is 22.4 Å². The maximum Gasteiger partial charge on any atom is 0.321 e. The van der Waals surface area contributed by atoms with E-state index in [0.717, 1.165) is 42.5 Å². The highest BCUT2D eigenvalue weighted by atomic mass is 32.2. The second-order valence-electron chi connectivity index (χ2n) is 6.80. The molecule has 26 heavy (non-hydrogen) atoms. The molecule has 2 N–H and O–H groups in total. The number of aromatic nitrogens is 1. The number of pyridine rings is 1. The fourth-order valence-corrected chi connectivity index (χ4v) is 4.04. The monoisotopic (exact) mass is 374 g/mol. The minimum atomic E-state index is -0.534. The van der Waals surface area contributed by atoms with Crippen LogP contribution < -0.4 is 10.6 Å². The van der Waals surface area contributed by atoms with Crippen LogP contribution in [-0.4, -0.2) is 28.2 Å². The number of nitriles is 1.